The van der Waals surface area contributed by atoms with E-state index < -0.39 is 0 Å². The van der Waals surface area contributed by atoms with Gasteiger partial charge in [0.25, 0.3) is 0 Å². The van der Waals surface area contributed by atoms with Crippen LogP contribution in [0.1, 0.15) is 13.8 Å². The highest BCUT2D eigenvalue weighted by molar-refractivity contribution is 14.0. The minimum Gasteiger partial charge on any atom is -0.493 e. The monoisotopic (exact) mass is 379 g/mol. The molecule has 0 aliphatic heterocycles. The lowest BCUT2D eigenvalue weighted by molar-refractivity contribution is 0.355. The molecular weight excluding hydrogens is 357 g/mol. The first-order valence-electron chi connectivity index (χ1n) is 6.02. The average molecular weight is 379 g/mol. The Balaban J connectivity index is 0.00000324. The molecule has 2 N–H and O–H groups in total. The summed E-state index contributed by atoms with van der Waals surface area (Å²) < 4.78 is 10.4. The second-order valence-corrected chi connectivity index (χ2v) is 3.55. The molecule has 0 aliphatic carbocycles. The molecule has 1 rings (SSSR count). The third-order valence-electron chi connectivity index (χ3n) is 2.31. The third kappa shape index (κ3) is 5.54. The first-order valence-corrected chi connectivity index (χ1v) is 6.02. The molecule has 6 heteroatoms. The number of hydrogen-bond donors (Lipinski definition) is 2. The van der Waals surface area contributed by atoms with E-state index in [4.69, 9.17) is 9.47 Å². The number of nitrogens with zero attached hydrogens (tertiary/aromatic N) is 1. The van der Waals surface area contributed by atoms with Gasteiger partial charge in [0.1, 0.15) is 0 Å². The Morgan fingerprint density at radius 2 is 1.84 bits per heavy atom. The number of benzene rings is 1. The largest absolute Gasteiger partial charge is 0.493 e. The highest BCUT2D eigenvalue weighted by Gasteiger charge is 2.05. The van der Waals surface area contributed by atoms with Gasteiger partial charge < -0.3 is 20.1 Å². The SMILES string of the molecule is CCN=C(NCC)Nc1ccc(OC)c(OC)c1.I. The number of anilines is 1. The van der Waals surface area contributed by atoms with Crippen LogP contribution >= 0.6 is 24.0 Å². The van der Waals surface area contributed by atoms with E-state index in [1.54, 1.807) is 14.2 Å². The molecule has 0 aromatic heterocycles. The molecular formula is C13H22IN3O2. The Labute approximate surface area is 131 Å². The van der Waals surface area contributed by atoms with E-state index in [1.807, 2.05) is 32.0 Å². The molecule has 0 radical (unpaired) electrons. The molecule has 0 unspecified atom stereocenters. The van der Waals surface area contributed by atoms with Gasteiger partial charge in [-0.05, 0) is 26.0 Å². The van der Waals surface area contributed by atoms with Crippen LogP contribution in [0.25, 0.3) is 0 Å². The van der Waals surface area contributed by atoms with Crippen molar-refractivity contribution in [2.75, 3.05) is 32.6 Å². The first-order chi connectivity index (χ1) is 8.74. The van der Waals surface area contributed by atoms with Crippen molar-refractivity contribution in [3.63, 3.8) is 0 Å². The first kappa shape index (κ1) is 17.8. The predicted octanol–water partition coefficient (Wildman–Crippen LogP) is 2.72. The van der Waals surface area contributed by atoms with Crippen LogP contribution in [0.15, 0.2) is 23.2 Å². The molecule has 0 heterocycles. The van der Waals surface area contributed by atoms with Crippen LogP contribution in [-0.4, -0.2) is 33.3 Å². The van der Waals surface area contributed by atoms with Gasteiger partial charge in [-0.15, -0.1) is 24.0 Å². The molecule has 0 fully saturated rings. The van der Waals surface area contributed by atoms with Gasteiger partial charge in [0.2, 0.25) is 0 Å². The highest BCUT2D eigenvalue weighted by Crippen LogP contribution is 2.29. The smallest absolute Gasteiger partial charge is 0.195 e. The molecule has 108 valence electrons. The minimum atomic E-state index is 0. The molecule has 0 saturated carbocycles. The lowest BCUT2D eigenvalue weighted by atomic mass is 10.3. The molecule has 1 aromatic carbocycles. The van der Waals surface area contributed by atoms with E-state index in [0.29, 0.717) is 11.5 Å². The summed E-state index contributed by atoms with van der Waals surface area (Å²) in [5.74, 6) is 2.16. The van der Waals surface area contributed by atoms with Crippen LogP contribution in [0.5, 0.6) is 11.5 Å². The van der Waals surface area contributed by atoms with Crippen LogP contribution in [0, 0.1) is 0 Å². The molecule has 0 atom stereocenters. The second-order valence-electron chi connectivity index (χ2n) is 3.55. The molecule has 0 saturated heterocycles. The molecule has 0 spiro atoms. The Morgan fingerprint density at radius 3 is 2.37 bits per heavy atom. The number of rotatable bonds is 5. The number of guanidine groups is 1. The molecule has 0 bridgehead atoms. The van der Waals surface area contributed by atoms with Crippen molar-refractivity contribution in [1.82, 2.24) is 5.32 Å². The Hall–Kier alpha value is -1.18. The van der Waals surface area contributed by atoms with Gasteiger partial charge in [0.15, 0.2) is 17.5 Å². The molecule has 0 aliphatic rings. The van der Waals surface area contributed by atoms with Crippen LogP contribution in [-0.2, 0) is 0 Å². The quantitative estimate of drug-likeness (QED) is 0.469. The maximum atomic E-state index is 5.25. The Kier molecular flexibility index (Phi) is 9.11. The van der Waals surface area contributed by atoms with E-state index in [9.17, 15) is 0 Å². The zero-order chi connectivity index (χ0) is 13.4. The van der Waals surface area contributed by atoms with Crippen molar-refractivity contribution in [3.8, 4) is 11.5 Å². The van der Waals surface area contributed by atoms with Crippen molar-refractivity contribution >= 4 is 35.6 Å². The number of nitrogens with one attached hydrogen (secondary N) is 2. The normalized spacial score (nSPS) is 10.4. The van der Waals surface area contributed by atoms with Gasteiger partial charge in [-0.1, -0.05) is 0 Å². The third-order valence-corrected chi connectivity index (χ3v) is 2.31. The van der Waals surface area contributed by atoms with Gasteiger partial charge in [-0.3, -0.25) is 4.99 Å². The van der Waals surface area contributed by atoms with E-state index in [1.165, 1.54) is 0 Å². The summed E-state index contributed by atoms with van der Waals surface area (Å²) in [7, 11) is 3.24. The van der Waals surface area contributed by atoms with Crippen LogP contribution in [0.4, 0.5) is 5.69 Å². The van der Waals surface area contributed by atoms with E-state index >= 15 is 0 Å². The van der Waals surface area contributed by atoms with E-state index in [0.717, 1.165) is 24.7 Å². The zero-order valence-corrected chi connectivity index (χ0v) is 14.1. The topological polar surface area (TPSA) is 54.9 Å². The van der Waals surface area contributed by atoms with Crippen LogP contribution in [0.2, 0.25) is 0 Å². The number of halogens is 1. The van der Waals surface area contributed by atoms with Crippen molar-refractivity contribution in [2.24, 2.45) is 4.99 Å². The summed E-state index contributed by atoms with van der Waals surface area (Å²) >= 11 is 0. The van der Waals surface area contributed by atoms with Crippen molar-refractivity contribution in [3.05, 3.63) is 18.2 Å². The summed E-state index contributed by atoms with van der Waals surface area (Å²) in [4.78, 5) is 4.33. The fourth-order valence-corrected chi connectivity index (χ4v) is 1.52. The number of ether oxygens (including phenoxy) is 2. The minimum absolute atomic E-state index is 0. The van der Waals surface area contributed by atoms with Gasteiger partial charge in [0, 0.05) is 24.8 Å². The van der Waals surface area contributed by atoms with Gasteiger partial charge >= 0.3 is 0 Å². The molecule has 5 nitrogen and oxygen atoms in total. The number of hydrogen-bond acceptors (Lipinski definition) is 3. The van der Waals surface area contributed by atoms with Crippen LogP contribution < -0.4 is 20.1 Å². The van der Waals surface area contributed by atoms with E-state index in [-0.39, 0.29) is 24.0 Å². The highest BCUT2D eigenvalue weighted by atomic mass is 127. The fourth-order valence-electron chi connectivity index (χ4n) is 1.52. The van der Waals surface area contributed by atoms with Crippen molar-refractivity contribution < 1.29 is 9.47 Å². The maximum Gasteiger partial charge on any atom is 0.195 e. The number of methoxy groups -OCH3 is 2. The lowest BCUT2D eigenvalue weighted by Gasteiger charge is -2.13. The standard InChI is InChI=1S/C13H21N3O2.HI/c1-5-14-13(15-6-2)16-10-7-8-11(17-3)12(9-10)18-4;/h7-9H,5-6H2,1-4H3,(H2,14,15,16);1H. The van der Waals surface area contributed by atoms with Gasteiger partial charge in [-0.2, -0.15) is 0 Å². The average Bonchev–Trinajstić information content (AvgIpc) is 2.39. The lowest BCUT2D eigenvalue weighted by Crippen LogP contribution is -2.30. The summed E-state index contributed by atoms with van der Waals surface area (Å²) in [6.45, 7) is 5.57. The summed E-state index contributed by atoms with van der Waals surface area (Å²) in [6.07, 6.45) is 0. The van der Waals surface area contributed by atoms with E-state index in [2.05, 4.69) is 15.6 Å². The Morgan fingerprint density at radius 1 is 1.16 bits per heavy atom. The zero-order valence-electron chi connectivity index (χ0n) is 11.8. The van der Waals surface area contributed by atoms with Gasteiger partial charge in [0.05, 0.1) is 14.2 Å². The van der Waals surface area contributed by atoms with Crippen LogP contribution in [0.3, 0.4) is 0 Å². The predicted molar refractivity (Wildman–Crippen MR) is 90.2 cm³/mol. The summed E-state index contributed by atoms with van der Waals surface area (Å²) in [5.41, 5.74) is 0.904. The van der Waals surface area contributed by atoms with Crippen molar-refractivity contribution in [1.29, 1.82) is 0 Å². The Bertz CT molecular complexity index is 411. The number of aliphatic imine (C=N–C) groups is 1. The summed E-state index contributed by atoms with van der Waals surface area (Å²) in [6, 6.07) is 5.65. The van der Waals surface area contributed by atoms with Gasteiger partial charge in [-0.25, -0.2) is 0 Å². The second kappa shape index (κ2) is 9.71. The van der Waals surface area contributed by atoms with Crippen molar-refractivity contribution in [2.45, 2.75) is 13.8 Å². The maximum absolute atomic E-state index is 5.25. The molecule has 19 heavy (non-hydrogen) atoms. The molecule has 1 aromatic rings. The fraction of sp³-hybridized carbons (Fsp3) is 0.462. The summed E-state index contributed by atoms with van der Waals surface area (Å²) in [5, 5.41) is 6.38. The molecule has 0 amide bonds.